The number of hydrogen-bond acceptors (Lipinski definition) is 4. The molecule has 2 aromatic carbocycles. The third-order valence-electron chi connectivity index (χ3n) is 7.90. The molecule has 0 saturated heterocycles. The Morgan fingerprint density at radius 1 is 0.944 bits per heavy atom. The summed E-state index contributed by atoms with van der Waals surface area (Å²) in [5.74, 6) is 2.10. The molecule has 0 aliphatic carbocycles. The van der Waals surface area contributed by atoms with Crippen molar-refractivity contribution in [2.24, 2.45) is 5.92 Å². The molecule has 5 heteroatoms. The smallest absolute Gasteiger partial charge is 0.162 e. The van der Waals surface area contributed by atoms with Gasteiger partial charge >= 0.3 is 0 Å². The van der Waals surface area contributed by atoms with Gasteiger partial charge in [0.25, 0.3) is 0 Å². The van der Waals surface area contributed by atoms with Gasteiger partial charge in [0.1, 0.15) is 17.5 Å². The summed E-state index contributed by atoms with van der Waals surface area (Å²) < 4.78 is 16.5. The van der Waals surface area contributed by atoms with Crippen LogP contribution in [0.25, 0.3) is 11.4 Å². The van der Waals surface area contributed by atoms with Gasteiger partial charge in [-0.05, 0) is 35.4 Å². The van der Waals surface area contributed by atoms with Crippen molar-refractivity contribution in [3.8, 4) is 11.4 Å². The van der Waals surface area contributed by atoms with Crippen molar-refractivity contribution in [1.82, 2.24) is 9.97 Å². The van der Waals surface area contributed by atoms with Crippen molar-refractivity contribution in [2.45, 2.75) is 85.5 Å². The molecule has 0 saturated carbocycles. The van der Waals surface area contributed by atoms with Gasteiger partial charge in [0.05, 0.1) is 6.20 Å². The van der Waals surface area contributed by atoms with Crippen molar-refractivity contribution in [3.05, 3.63) is 65.4 Å². The van der Waals surface area contributed by atoms with E-state index in [9.17, 15) is 0 Å². The van der Waals surface area contributed by atoms with Crippen LogP contribution in [0.5, 0.6) is 0 Å². The molecule has 0 spiro atoms. The highest BCUT2D eigenvalue weighted by Gasteiger charge is 2.54. The number of hydrogen-bond donors (Lipinski definition) is 0. The Balaban J connectivity index is 0.00000148. The number of aromatic nitrogens is 2. The highest BCUT2D eigenvalue weighted by atomic mass is 19.1. The SMILES string of the molecule is CC.CCC1(F)c2ccccc2N2c3cnc(-c4c(C(C)C)cccc4C(C)C)nc3N(C)C2C1C. The van der Waals surface area contributed by atoms with Crippen LogP contribution >= 0.6 is 0 Å². The van der Waals surface area contributed by atoms with Crippen molar-refractivity contribution in [3.63, 3.8) is 0 Å². The molecule has 3 aromatic rings. The lowest BCUT2D eigenvalue weighted by atomic mass is 9.76. The molecule has 2 aliphatic rings. The number of benzene rings is 2. The summed E-state index contributed by atoms with van der Waals surface area (Å²) in [4.78, 5) is 14.5. The van der Waals surface area contributed by atoms with Gasteiger partial charge in [0, 0.05) is 29.8 Å². The summed E-state index contributed by atoms with van der Waals surface area (Å²) >= 11 is 0. The minimum absolute atomic E-state index is 0.149. The molecule has 0 fully saturated rings. The first-order valence-electron chi connectivity index (χ1n) is 13.5. The average molecular weight is 489 g/mol. The summed E-state index contributed by atoms with van der Waals surface area (Å²) in [5.41, 5.74) is 4.90. The second-order valence-electron chi connectivity index (χ2n) is 10.4. The van der Waals surface area contributed by atoms with Crippen LogP contribution in [0.2, 0.25) is 0 Å². The second-order valence-corrected chi connectivity index (χ2v) is 10.4. The van der Waals surface area contributed by atoms with Gasteiger partial charge in [-0.2, -0.15) is 0 Å². The molecular weight excluding hydrogens is 447 g/mol. The van der Waals surface area contributed by atoms with Crippen LogP contribution in [0.4, 0.5) is 21.6 Å². The van der Waals surface area contributed by atoms with Gasteiger partial charge in [0.15, 0.2) is 11.6 Å². The summed E-state index contributed by atoms with van der Waals surface area (Å²) in [6.45, 7) is 16.8. The highest BCUT2D eigenvalue weighted by molar-refractivity contribution is 5.85. The molecule has 4 nitrogen and oxygen atoms in total. The Morgan fingerprint density at radius 2 is 1.56 bits per heavy atom. The predicted octanol–water partition coefficient (Wildman–Crippen LogP) is 8.56. The molecule has 0 bridgehead atoms. The molecule has 0 radical (unpaired) electrons. The molecule has 3 atom stereocenters. The predicted molar refractivity (Wildman–Crippen MR) is 150 cm³/mol. The van der Waals surface area contributed by atoms with Crippen LogP contribution in [0, 0.1) is 5.92 Å². The van der Waals surface area contributed by atoms with Crippen LogP contribution in [0.15, 0.2) is 48.7 Å². The molecular formula is C31H41FN4. The van der Waals surface area contributed by atoms with Gasteiger partial charge in [0.2, 0.25) is 0 Å². The summed E-state index contributed by atoms with van der Waals surface area (Å²) in [6.07, 6.45) is 2.23. The van der Waals surface area contributed by atoms with E-state index >= 15 is 4.39 Å². The van der Waals surface area contributed by atoms with Crippen molar-refractivity contribution >= 4 is 17.2 Å². The van der Waals surface area contributed by atoms with Gasteiger partial charge in [-0.3, -0.25) is 0 Å². The topological polar surface area (TPSA) is 32.3 Å². The van der Waals surface area contributed by atoms with Crippen LogP contribution in [-0.2, 0) is 5.67 Å². The van der Waals surface area contributed by atoms with E-state index in [1.54, 1.807) is 0 Å². The van der Waals surface area contributed by atoms with Crippen LogP contribution < -0.4 is 9.80 Å². The zero-order valence-electron chi connectivity index (χ0n) is 23.3. The number of anilines is 3. The van der Waals surface area contributed by atoms with Crippen LogP contribution in [0.3, 0.4) is 0 Å². The monoisotopic (exact) mass is 488 g/mol. The van der Waals surface area contributed by atoms with E-state index in [2.05, 4.69) is 55.7 Å². The van der Waals surface area contributed by atoms with E-state index < -0.39 is 5.67 Å². The van der Waals surface area contributed by atoms with E-state index in [1.807, 2.05) is 65.2 Å². The number of para-hydroxylation sites is 1. The number of halogens is 1. The Hall–Kier alpha value is -2.95. The van der Waals surface area contributed by atoms with Gasteiger partial charge in [-0.25, -0.2) is 14.4 Å². The molecule has 2 aliphatic heterocycles. The molecule has 0 amide bonds. The van der Waals surface area contributed by atoms with Crippen molar-refractivity contribution in [2.75, 3.05) is 16.8 Å². The summed E-state index contributed by atoms with van der Waals surface area (Å²) in [5, 5.41) is 0. The third kappa shape index (κ3) is 3.79. The maximum Gasteiger partial charge on any atom is 0.162 e. The second kappa shape index (κ2) is 9.84. The minimum atomic E-state index is -1.39. The summed E-state index contributed by atoms with van der Waals surface area (Å²) in [6, 6.07) is 14.4. The fourth-order valence-electron chi connectivity index (χ4n) is 6.03. The van der Waals surface area contributed by atoms with Crippen LogP contribution in [0.1, 0.15) is 90.3 Å². The first-order valence-corrected chi connectivity index (χ1v) is 13.5. The fraction of sp³-hybridized carbons (Fsp3) is 0.484. The Labute approximate surface area is 216 Å². The number of alkyl halides is 1. The number of rotatable bonds is 4. The molecule has 36 heavy (non-hydrogen) atoms. The quantitative estimate of drug-likeness (QED) is 0.368. The first-order chi connectivity index (χ1) is 17.2. The molecule has 3 unspecified atom stereocenters. The van der Waals surface area contributed by atoms with E-state index in [4.69, 9.17) is 9.97 Å². The Kier molecular flexibility index (Phi) is 7.14. The largest absolute Gasteiger partial charge is 0.337 e. The van der Waals surface area contributed by atoms with E-state index in [1.165, 1.54) is 11.1 Å². The third-order valence-corrected chi connectivity index (χ3v) is 7.90. The first kappa shape index (κ1) is 26.1. The van der Waals surface area contributed by atoms with E-state index in [-0.39, 0.29) is 12.1 Å². The average Bonchev–Trinajstić information content (AvgIpc) is 3.19. The standard InChI is InChI=1S/C29H35FN4.C2H6/c1-8-29(30)19(6)28-33(7)27-24(34(28)23-15-10-9-14-22(23)29)16-31-26(32-27)25-20(17(2)3)12-11-13-21(25)18(4)5;1-2/h9-19,28H,8H2,1-7H3;1-2H3. The zero-order valence-corrected chi connectivity index (χ0v) is 23.3. The normalized spacial score (nSPS) is 22.2. The number of fused-ring (bicyclic) bond motifs is 5. The van der Waals surface area contributed by atoms with E-state index in [0.29, 0.717) is 18.3 Å². The van der Waals surface area contributed by atoms with Crippen LogP contribution in [-0.4, -0.2) is 23.2 Å². The fourth-order valence-corrected chi connectivity index (χ4v) is 6.03. The lowest BCUT2D eigenvalue weighted by Gasteiger charge is -2.47. The maximum atomic E-state index is 16.5. The number of nitrogens with zero attached hydrogens (tertiary/aromatic N) is 4. The van der Waals surface area contributed by atoms with Gasteiger partial charge in [-0.15, -0.1) is 0 Å². The molecule has 1 aromatic heterocycles. The van der Waals surface area contributed by atoms with Crippen molar-refractivity contribution < 1.29 is 4.39 Å². The molecule has 192 valence electrons. The van der Waals surface area contributed by atoms with Crippen molar-refractivity contribution in [1.29, 1.82) is 0 Å². The molecule has 0 N–H and O–H groups in total. The zero-order chi connectivity index (χ0) is 26.4. The highest BCUT2D eigenvalue weighted by Crippen LogP contribution is 2.56. The minimum Gasteiger partial charge on any atom is -0.337 e. The Bertz CT molecular complexity index is 1210. The molecule has 5 rings (SSSR count). The maximum absolute atomic E-state index is 16.5. The van der Waals surface area contributed by atoms with Gasteiger partial charge in [-0.1, -0.05) is 91.8 Å². The Morgan fingerprint density at radius 3 is 2.14 bits per heavy atom. The van der Waals surface area contributed by atoms with Gasteiger partial charge < -0.3 is 9.80 Å². The molecule has 3 heterocycles. The summed E-state index contributed by atoms with van der Waals surface area (Å²) in [7, 11) is 2.04. The lowest BCUT2D eigenvalue weighted by molar-refractivity contribution is 0.0610. The van der Waals surface area contributed by atoms with E-state index in [0.717, 1.165) is 34.1 Å². The lowest BCUT2D eigenvalue weighted by Crippen LogP contribution is -2.54.